The van der Waals surface area contributed by atoms with E-state index in [0.717, 1.165) is 32.2 Å². The lowest BCUT2D eigenvalue weighted by Crippen LogP contribution is -2.44. The number of hydrogen-bond acceptors (Lipinski definition) is 4. The Hall–Kier alpha value is -0.950. The van der Waals surface area contributed by atoms with Crippen LogP contribution in [-0.4, -0.2) is 36.0 Å². The maximum absolute atomic E-state index is 13.1. The molecule has 1 aliphatic heterocycles. The second kappa shape index (κ2) is 8.36. The van der Waals surface area contributed by atoms with Gasteiger partial charge in [-0.05, 0) is 19.1 Å². The van der Waals surface area contributed by atoms with E-state index in [4.69, 9.17) is 0 Å². The molecule has 114 valence electrons. The zero-order valence-corrected chi connectivity index (χ0v) is 12.7. The quantitative estimate of drug-likeness (QED) is 0.685. The topological polar surface area (TPSA) is 58.4 Å². The van der Waals surface area contributed by atoms with E-state index in [2.05, 4.69) is 10.2 Å². The molecule has 0 aliphatic carbocycles. The van der Waals surface area contributed by atoms with E-state index in [0.29, 0.717) is 5.56 Å². The zero-order chi connectivity index (χ0) is 13.1. The molecule has 1 aromatic carbocycles. The lowest BCUT2D eigenvalue weighted by molar-refractivity contribution is -0.386. The molecule has 0 radical (unpaired) electrons. The second-order valence-corrected chi connectivity index (χ2v) is 4.42. The average molecular weight is 326 g/mol. The third kappa shape index (κ3) is 4.28. The minimum absolute atomic E-state index is 0. The highest BCUT2D eigenvalue weighted by Gasteiger charge is 2.25. The smallest absolute Gasteiger partial charge is 0.277 e. The van der Waals surface area contributed by atoms with E-state index < -0.39 is 10.7 Å². The molecule has 0 aromatic heterocycles. The normalized spacial score (nSPS) is 16.7. The Kier molecular flexibility index (Phi) is 7.96. The van der Waals surface area contributed by atoms with E-state index in [1.807, 2.05) is 6.92 Å². The first-order valence-electron chi connectivity index (χ1n) is 5.98. The molecular weight excluding hydrogens is 308 g/mol. The van der Waals surface area contributed by atoms with E-state index in [-0.39, 0.29) is 36.5 Å². The number of nitrogens with zero attached hydrogens (tertiary/aromatic N) is 2. The summed E-state index contributed by atoms with van der Waals surface area (Å²) < 4.78 is 13.1. The monoisotopic (exact) mass is 325 g/mol. The predicted octanol–water partition coefficient (Wildman–Crippen LogP) is 2.54. The summed E-state index contributed by atoms with van der Waals surface area (Å²) in [4.78, 5) is 12.6. The van der Waals surface area contributed by atoms with Crippen LogP contribution in [0.4, 0.5) is 10.1 Å². The van der Waals surface area contributed by atoms with Crippen molar-refractivity contribution in [1.29, 1.82) is 0 Å². The Morgan fingerprint density at radius 1 is 1.35 bits per heavy atom. The minimum Gasteiger partial charge on any atom is -0.314 e. The third-order valence-corrected chi connectivity index (χ3v) is 3.34. The summed E-state index contributed by atoms with van der Waals surface area (Å²) in [5.41, 5.74) is 0.435. The van der Waals surface area contributed by atoms with Crippen LogP contribution in [0.3, 0.4) is 0 Å². The molecule has 1 N–H and O–H groups in total. The summed E-state index contributed by atoms with van der Waals surface area (Å²) in [7, 11) is 0. The Labute approximate surface area is 129 Å². The van der Waals surface area contributed by atoms with Crippen molar-refractivity contribution in [1.82, 2.24) is 10.2 Å². The molecule has 0 saturated carbocycles. The molecule has 1 aliphatic rings. The first-order chi connectivity index (χ1) is 8.59. The molecule has 5 nitrogen and oxygen atoms in total. The van der Waals surface area contributed by atoms with Crippen LogP contribution in [0.5, 0.6) is 0 Å². The SMILES string of the molecule is C[C@H](c1ccc(F)cc1[N+](=O)[O-])N1CCNCC1.Cl.Cl. The number of nitrogens with one attached hydrogen (secondary N) is 1. The van der Waals surface area contributed by atoms with Gasteiger partial charge in [-0.25, -0.2) is 4.39 Å². The van der Waals surface area contributed by atoms with E-state index in [1.165, 1.54) is 12.1 Å². The van der Waals surface area contributed by atoms with Crippen molar-refractivity contribution in [3.05, 3.63) is 39.7 Å². The molecule has 1 saturated heterocycles. The van der Waals surface area contributed by atoms with Gasteiger partial charge in [-0.1, -0.05) is 0 Å². The number of rotatable bonds is 3. The largest absolute Gasteiger partial charge is 0.314 e. The lowest BCUT2D eigenvalue weighted by Gasteiger charge is -2.32. The Bertz CT molecular complexity index is 456. The van der Waals surface area contributed by atoms with Crippen molar-refractivity contribution in [2.75, 3.05) is 26.2 Å². The van der Waals surface area contributed by atoms with Crippen molar-refractivity contribution in [3.63, 3.8) is 0 Å². The summed E-state index contributed by atoms with van der Waals surface area (Å²) in [6.45, 7) is 5.36. The fraction of sp³-hybridized carbons (Fsp3) is 0.500. The average Bonchev–Trinajstić information content (AvgIpc) is 2.39. The fourth-order valence-corrected chi connectivity index (χ4v) is 2.29. The van der Waals surface area contributed by atoms with Crippen LogP contribution in [0.25, 0.3) is 0 Å². The molecule has 2 rings (SSSR count). The zero-order valence-electron chi connectivity index (χ0n) is 11.0. The number of halogens is 3. The number of nitro groups is 1. The molecule has 0 unspecified atom stereocenters. The van der Waals surface area contributed by atoms with Crippen LogP contribution in [-0.2, 0) is 0 Å². The number of benzene rings is 1. The van der Waals surface area contributed by atoms with E-state index in [1.54, 1.807) is 0 Å². The van der Waals surface area contributed by atoms with Gasteiger partial charge in [-0.15, -0.1) is 24.8 Å². The van der Waals surface area contributed by atoms with Crippen LogP contribution in [0, 0.1) is 15.9 Å². The van der Waals surface area contributed by atoms with Crippen molar-refractivity contribution in [3.8, 4) is 0 Å². The van der Waals surface area contributed by atoms with Gasteiger partial charge < -0.3 is 5.32 Å². The van der Waals surface area contributed by atoms with Gasteiger partial charge in [-0.3, -0.25) is 15.0 Å². The summed E-state index contributed by atoms with van der Waals surface area (Å²) in [6, 6.07) is 3.71. The van der Waals surface area contributed by atoms with Gasteiger partial charge in [-0.2, -0.15) is 0 Å². The highest BCUT2D eigenvalue weighted by molar-refractivity contribution is 5.85. The second-order valence-electron chi connectivity index (χ2n) is 4.42. The van der Waals surface area contributed by atoms with Crippen LogP contribution in [0.2, 0.25) is 0 Å². The van der Waals surface area contributed by atoms with Gasteiger partial charge in [0.15, 0.2) is 0 Å². The molecule has 0 bridgehead atoms. The Morgan fingerprint density at radius 2 is 1.95 bits per heavy atom. The molecule has 0 amide bonds. The van der Waals surface area contributed by atoms with Crippen LogP contribution in [0.1, 0.15) is 18.5 Å². The number of nitro benzene ring substituents is 1. The molecule has 1 heterocycles. The van der Waals surface area contributed by atoms with Gasteiger partial charge in [0.25, 0.3) is 5.69 Å². The maximum atomic E-state index is 13.1. The molecule has 1 aromatic rings. The number of hydrogen-bond donors (Lipinski definition) is 1. The van der Waals surface area contributed by atoms with Crippen LogP contribution < -0.4 is 5.32 Å². The highest BCUT2D eigenvalue weighted by Crippen LogP contribution is 2.29. The van der Waals surface area contributed by atoms with Crippen molar-refractivity contribution >= 4 is 30.5 Å². The summed E-state index contributed by atoms with van der Waals surface area (Å²) >= 11 is 0. The highest BCUT2D eigenvalue weighted by atomic mass is 35.5. The van der Waals surface area contributed by atoms with Gasteiger partial charge in [0.05, 0.1) is 11.0 Å². The maximum Gasteiger partial charge on any atom is 0.277 e. The number of piperazine rings is 1. The van der Waals surface area contributed by atoms with Crippen molar-refractivity contribution < 1.29 is 9.31 Å². The van der Waals surface area contributed by atoms with Gasteiger partial charge in [0, 0.05) is 37.8 Å². The fourth-order valence-electron chi connectivity index (χ4n) is 2.29. The molecule has 8 heteroatoms. The first-order valence-corrected chi connectivity index (χ1v) is 5.98. The Morgan fingerprint density at radius 3 is 2.50 bits per heavy atom. The molecule has 1 atom stereocenters. The van der Waals surface area contributed by atoms with E-state index in [9.17, 15) is 14.5 Å². The first kappa shape index (κ1) is 19.1. The van der Waals surface area contributed by atoms with Crippen molar-refractivity contribution in [2.24, 2.45) is 0 Å². The summed E-state index contributed by atoms with van der Waals surface area (Å²) in [5.74, 6) is -0.571. The molecule has 1 fully saturated rings. The van der Waals surface area contributed by atoms with Gasteiger partial charge in [0.2, 0.25) is 0 Å². The lowest BCUT2D eigenvalue weighted by atomic mass is 10.0. The predicted molar refractivity (Wildman–Crippen MR) is 80.4 cm³/mol. The molecular formula is C12H18Cl2FN3O2. The minimum atomic E-state index is -0.571. The van der Waals surface area contributed by atoms with Crippen LogP contribution in [0.15, 0.2) is 18.2 Å². The van der Waals surface area contributed by atoms with Crippen LogP contribution >= 0.6 is 24.8 Å². The molecule has 20 heavy (non-hydrogen) atoms. The third-order valence-electron chi connectivity index (χ3n) is 3.34. The summed E-state index contributed by atoms with van der Waals surface area (Å²) in [6.07, 6.45) is 0. The Balaban J connectivity index is 0.00000180. The standard InChI is InChI=1S/C12H16FN3O2.2ClH/c1-9(15-6-4-14-5-7-15)11-3-2-10(13)8-12(11)16(17)18;;/h2-3,8-9,14H,4-7H2,1H3;2*1H/t9-;;/m1../s1. The summed E-state index contributed by atoms with van der Waals surface area (Å²) in [5, 5.41) is 14.2. The van der Waals surface area contributed by atoms with Gasteiger partial charge >= 0.3 is 0 Å². The van der Waals surface area contributed by atoms with Gasteiger partial charge in [0.1, 0.15) is 5.82 Å². The van der Waals surface area contributed by atoms with E-state index >= 15 is 0 Å². The molecule has 0 spiro atoms. The van der Waals surface area contributed by atoms with Crippen molar-refractivity contribution in [2.45, 2.75) is 13.0 Å².